The molecule has 0 unspecified atom stereocenters. The molecule has 1 aliphatic rings. The van der Waals surface area contributed by atoms with Gasteiger partial charge in [0.1, 0.15) is 6.10 Å². The van der Waals surface area contributed by atoms with Gasteiger partial charge >= 0.3 is 0 Å². The second-order valence-corrected chi connectivity index (χ2v) is 9.43. The zero-order chi connectivity index (χ0) is 21.6. The molecule has 6 nitrogen and oxygen atoms in total. The minimum atomic E-state index is -3.82. The maximum absolute atomic E-state index is 13.4. The lowest BCUT2D eigenvalue weighted by molar-refractivity contribution is -0.142. The van der Waals surface area contributed by atoms with Crippen LogP contribution in [0.4, 0.5) is 0 Å². The average Bonchev–Trinajstić information content (AvgIpc) is 3.10. The Morgan fingerprint density at radius 2 is 1.70 bits per heavy atom. The number of hydrogen-bond acceptors (Lipinski definition) is 4. The first kappa shape index (κ1) is 22.7. The Morgan fingerprint density at radius 3 is 2.23 bits per heavy atom. The Kier molecular flexibility index (Phi) is 7.44. The van der Waals surface area contributed by atoms with Crippen LogP contribution in [0.3, 0.4) is 0 Å². The van der Waals surface area contributed by atoms with Gasteiger partial charge in [0.15, 0.2) is 5.79 Å². The van der Waals surface area contributed by atoms with Crippen molar-refractivity contribution in [3.8, 4) is 0 Å². The third-order valence-corrected chi connectivity index (χ3v) is 6.42. The third-order valence-electron chi connectivity index (χ3n) is 4.92. The lowest BCUT2D eigenvalue weighted by Gasteiger charge is -2.32. The second kappa shape index (κ2) is 9.85. The van der Waals surface area contributed by atoms with Crippen molar-refractivity contribution in [3.63, 3.8) is 0 Å². The maximum atomic E-state index is 13.4. The van der Waals surface area contributed by atoms with Crippen molar-refractivity contribution in [2.45, 2.75) is 51.8 Å². The summed E-state index contributed by atoms with van der Waals surface area (Å²) in [5.74, 6) is -0.746. The SMILES string of the molecule is CC=C[C@@H]([C@H]1COC(C)(C)O1)N(Cc1ccccc1)S(=O)(=O)NCc1ccccc1. The van der Waals surface area contributed by atoms with Gasteiger partial charge in [0.2, 0.25) is 0 Å². The smallest absolute Gasteiger partial charge is 0.280 e. The number of nitrogens with one attached hydrogen (secondary N) is 1. The van der Waals surface area contributed by atoms with E-state index in [-0.39, 0.29) is 13.1 Å². The van der Waals surface area contributed by atoms with E-state index in [4.69, 9.17) is 9.47 Å². The van der Waals surface area contributed by atoms with Crippen LogP contribution in [0.15, 0.2) is 72.8 Å². The summed E-state index contributed by atoms with van der Waals surface area (Å²) in [5.41, 5.74) is 1.79. The van der Waals surface area contributed by atoms with Gasteiger partial charge in [0.05, 0.1) is 12.6 Å². The van der Waals surface area contributed by atoms with Gasteiger partial charge in [0, 0.05) is 13.1 Å². The molecular weight excluding hydrogens is 400 g/mol. The van der Waals surface area contributed by atoms with E-state index in [1.165, 1.54) is 4.31 Å². The minimum absolute atomic E-state index is 0.213. The van der Waals surface area contributed by atoms with Gasteiger partial charge in [0.25, 0.3) is 10.2 Å². The Bertz CT molecular complexity index is 930. The fourth-order valence-electron chi connectivity index (χ4n) is 3.45. The molecule has 0 bridgehead atoms. The Balaban J connectivity index is 1.89. The average molecular weight is 431 g/mol. The molecule has 1 N–H and O–H groups in total. The molecule has 1 heterocycles. The van der Waals surface area contributed by atoms with E-state index in [1.807, 2.05) is 93.6 Å². The highest BCUT2D eigenvalue weighted by Crippen LogP contribution is 2.28. The molecule has 162 valence electrons. The lowest BCUT2D eigenvalue weighted by Crippen LogP contribution is -2.50. The molecule has 0 amide bonds. The first-order valence-electron chi connectivity index (χ1n) is 10.1. The van der Waals surface area contributed by atoms with Crippen LogP contribution in [-0.2, 0) is 32.8 Å². The van der Waals surface area contributed by atoms with E-state index in [0.717, 1.165) is 11.1 Å². The first-order chi connectivity index (χ1) is 14.3. The Morgan fingerprint density at radius 1 is 1.10 bits per heavy atom. The standard InChI is InChI=1S/C23H30N2O4S/c1-4-11-21(22-18-28-23(2,3)29-22)25(17-20-14-9-6-10-15-20)30(26,27)24-16-19-12-7-5-8-13-19/h4-15,21-22,24H,16-18H2,1-3H3/t21-,22+/m0/s1. The molecule has 3 rings (SSSR count). The number of hydrogen-bond donors (Lipinski definition) is 1. The van der Waals surface area contributed by atoms with E-state index in [1.54, 1.807) is 0 Å². The normalized spacial score (nSPS) is 20.1. The van der Waals surface area contributed by atoms with Crippen LogP contribution >= 0.6 is 0 Å². The van der Waals surface area contributed by atoms with Crippen LogP contribution in [0.25, 0.3) is 0 Å². The summed E-state index contributed by atoms with van der Waals surface area (Å²) in [4.78, 5) is 0. The highest BCUT2D eigenvalue weighted by molar-refractivity contribution is 7.87. The summed E-state index contributed by atoms with van der Waals surface area (Å²) in [7, 11) is -3.82. The molecule has 0 aromatic heterocycles. The van der Waals surface area contributed by atoms with Crippen molar-refractivity contribution < 1.29 is 17.9 Å². The van der Waals surface area contributed by atoms with E-state index in [9.17, 15) is 8.42 Å². The fraction of sp³-hybridized carbons (Fsp3) is 0.391. The minimum Gasteiger partial charge on any atom is -0.348 e. The molecule has 30 heavy (non-hydrogen) atoms. The summed E-state index contributed by atoms with van der Waals surface area (Å²) < 4.78 is 42.8. The molecule has 2 aromatic carbocycles. The predicted octanol–water partition coefficient (Wildman–Crippen LogP) is 3.62. The van der Waals surface area contributed by atoms with Crippen molar-refractivity contribution in [3.05, 3.63) is 83.9 Å². The highest BCUT2D eigenvalue weighted by atomic mass is 32.2. The van der Waals surface area contributed by atoms with Crippen molar-refractivity contribution in [2.75, 3.05) is 6.61 Å². The van der Waals surface area contributed by atoms with Gasteiger partial charge in [-0.2, -0.15) is 17.4 Å². The molecule has 0 saturated carbocycles. The molecule has 1 fully saturated rings. The molecule has 1 aliphatic heterocycles. The quantitative estimate of drug-likeness (QED) is 0.617. The van der Waals surface area contributed by atoms with Crippen LogP contribution in [0, 0.1) is 0 Å². The second-order valence-electron chi connectivity index (χ2n) is 7.73. The summed E-state index contributed by atoms with van der Waals surface area (Å²) >= 11 is 0. The molecule has 0 spiro atoms. The largest absolute Gasteiger partial charge is 0.348 e. The van der Waals surface area contributed by atoms with Gasteiger partial charge < -0.3 is 9.47 Å². The summed E-state index contributed by atoms with van der Waals surface area (Å²) in [6.45, 7) is 6.30. The number of allylic oxidation sites excluding steroid dienone is 1. The molecular formula is C23H30N2O4S. The van der Waals surface area contributed by atoms with Gasteiger partial charge in [-0.15, -0.1) is 0 Å². The third kappa shape index (κ3) is 6.00. The van der Waals surface area contributed by atoms with Crippen LogP contribution in [0.2, 0.25) is 0 Å². The summed E-state index contributed by atoms with van der Waals surface area (Å²) in [6.07, 6.45) is 3.30. The summed E-state index contributed by atoms with van der Waals surface area (Å²) in [5, 5.41) is 0. The summed E-state index contributed by atoms with van der Waals surface area (Å²) in [6, 6.07) is 18.5. The van der Waals surface area contributed by atoms with Gasteiger partial charge in [-0.05, 0) is 31.9 Å². The first-order valence-corrected chi connectivity index (χ1v) is 11.5. The van der Waals surface area contributed by atoms with E-state index >= 15 is 0 Å². The molecule has 0 radical (unpaired) electrons. The van der Waals surface area contributed by atoms with Crippen molar-refractivity contribution in [2.24, 2.45) is 0 Å². The lowest BCUT2D eigenvalue weighted by atomic mass is 10.1. The Hall–Kier alpha value is -2.03. The number of rotatable bonds is 9. The van der Waals surface area contributed by atoms with Crippen LogP contribution in [-0.4, -0.2) is 37.3 Å². The number of benzene rings is 2. The topological polar surface area (TPSA) is 67.9 Å². The van der Waals surface area contributed by atoms with Gasteiger partial charge in [-0.3, -0.25) is 0 Å². The monoisotopic (exact) mass is 430 g/mol. The van der Waals surface area contributed by atoms with Crippen LogP contribution in [0.1, 0.15) is 31.9 Å². The molecule has 2 aromatic rings. The molecule has 2 atom stereocenters. The van der Waals surface area contributed by atoms with Crippen molar-refractivity contribution >= 4 is 10.2 Å². The zero-order valence-electron chi connectivity index (χ0n) is 17.7. The van der Waals surface area contributed by atoms with Crippen LogP contribution < -0.4 is 4.72 Å². The van der Waals surface area contributed by atoms with E-state index in [0.29, 0.717) is 6.61 Å². The predicted molar refractivity (Wildman–Crippen MR) is 118 cm³/mol. The maximum Gasteiger partial charge on any atom is 0.280 e. The van der Waals surface area contributed by atoms with E-state index in [2.05, 4.69) is 4.72 Å². The highest BCUT2D eigenvalue weighted by Gasteiger charge is 2.42. The molecule has 1 saturated heterocycles. The van der Waals surface area contributed by atoms with Gasteiger partial charge in [-0.1, -0.05) is 72.8 Å². The molecule has 7 heteroatoms. The Labute approximate surface area is 179 Å². The van der Waals surface area contributed by atoms with Crippen molar-refractivity contribution in [1.82, 2.24) is 9.03 Å². The van der Waals surface area contributed by atoms with Crippen molar-refractivity contribution in [1.29, 1.82) is 0 Å². The fourth-order valence-corrected chi connectivity index (χ4v) is 4.81. The molecule has 0 aliphatic carbocycles. The van der Waals surface area contributed by atoms with Crippen LogP contribution in [0.5, 0.6) is 0 Å². The van der Waals surface area contributed by atoms with E-state index < -0.39 is 28.1 Å². The zero-order valence-corrected chi connectivity index (χ0v) is 18.5. The van der Waals surface area contributed by atoms with Gasteiger partial charge in [-0.25, -0.2) is 0 Å². The number of nitrogens with zero attached hydrogens (tertiary/aromatic N) is 1. The number of ether oxygens (including phenoxy) is 2.